The average molecular weight is 389 g/mol. The van der Waals surface area contributed by atoms with Gasteiger partial charge in [-0.3, -0.25) is 4.79 Å². The van der Waals surface area contributed by atoms with Gasteiger partial charge in [-0.1, -0.05) is 29.8 Å². The SMILES string of the molecule is COC[C@@H](C)NC(=O)C1CCN(S(=O)(=O)Cc2ccccc2Cl)CC1. The van der Waals surface area contributed by atoms with Crippen LogP contribution in [0.4, 0.5) is 0 Å². The maximum Gasteiger partial charge on any atom is 0.223 e. The monoisotopic (exact) mass is 388 g/mol. The molecule has 0 saturated carbocycles. The molecule has 1 N–H and O–H groups in total. The van der Waals surface area contributed by atoms with E-state index in [-0.39, 0.29) is 23.6 Å². The molecule has 0 bridgehead atoms. The minimum atomic E-state index is -3.44. The highest BCUT2D eigenvalue weighted by Crippen LogP contribution is 2.24. The fourth-order valence-corrected chi connectivity index (χ4v) is 4.83. The van der Waals surface area contributed by atoms with E-state index in [1.165, 1.54) is 4.31 Å². The van der Waals surface area contributed by atoms with E-state index in [9.17, 15) is 13.2 Å². The Morgan fingerprint density at radius 3 is 2.60 bits per heavy atom. The molecule has 1 saturated heterocycles. The van der Waals surface area contributed by atoms with Gasteiger partial charge in [0.05, 0.1) is 12.4 Å². The van der Waals surface area contributed by atoms with Gasteiger partial charge in [-0.15, -0.1) is 0 Å². The van der Waals surface area contributed by atoms with E-state index in [0.717, 1.165) is 0 Å². The normalized spacial score (nSPS) is 18.0. The Labute approximate surface area is 154 Å². The van der Waals surface area contributed by atoms with Crippen LogP contribution in [0.2, 0.25) is 5.02 Å². The smallest absolute Gasteiger partial charge is 0.223 e. The lowest BCUT2D eigenvalue weighted by Crippen LogP contribution is -2.45. The largest absolute Gasteiger partial charge is 0.383 e. The van der Waals surface area contributed by atoms with Crippen LogP contribution in [-0.2, 0) is 25.3 Å². The van der Waals surface area contributed by atoms with E-state index in [4.69, 9.17) is 16.3 Å². The van der Waals surface area contributed by atoms with E-state index >= 15 is 0 Å². The highest BCUT2D eigenvalue weighted by molar-refractivity contribution is 7.88. The first-order valence-electron chi connectivity index (χ1n) is 8.34. The minimum Gasteiger partial charge on any atom is -0.383 e. The van der Waals surface area contributed by atoms with Crippen LogP contribution in [0.3, 0.4) is 0 Å². The third-order valence-corrected chi connectivity index (χ3v) is 6.52. The fourth-order valence-electron chi connectivity index (χ4n) is 2.95. The average Bonchev–Trinajstić information content (AvgIpc) is 2.57. The highest BCUT2D eigenvalue weighted by Gasteiger charge is 2.31. The Hall–Kier alpha value is -1.15. The molecule has 140 valence electrons. The van der Waals surface area contributed by atoms with E-state index in [0.29, 0.717) is 43.1 Å². The first kappa shape index (κ1) is 20.2. The molecular formula is C17H25ClN2O4S. The Morgan fingerprint density at radius 2 is 2.00 bits per heavy atom. The van der Waals surface area contributed by atoms with Crippen LogP contribution < -0.4 is 5.32 Å². The molecule has 1 amide bonds. The summed E-state index contributed by atoms with van der Waals surface area (Å²) in [6.45, 7) is 3.04. The number of ether oxygens (including phenoxy) is 1. The molecule has 0 radical (unpaired) electrons. The third-order valence-electron chi connectivity index (χ3n) is 4.32. The fraction of sp³-hybridized carbons (Fsp3) is 0.588. The molecule has 0 spiro atoms. The second-order valence-electron chi connectivity index (χ2n) is 6.39. The number of carbonyl (C=O) groups is 1. The number of nitrogens with zero attached hydrogens (tertiary/aromatic N) is 1. The number of nitrogens with one attached hydrogen (secondary N) is 1. The topological polar surface area (TPSA) is 75.7 Å². The van der Waals surface area contributed by atoms with E-state index < -0.39 is 10.0 Å². The Balaban J connectivity index is 1.90. The van der Waals surface area contributed by atoms with Crippen molar-refractivity contribution in [3.8, 4) is 0 Å². The number of hydrogen-bond donors (Lipinski definition) is 1. The number of rotatable bonds is 7. The first-order valence-corrected chi connectivity index (χ1v) is 10.3. The molecule has 1 atom stereocenters. The van der Waals surface area contributed by atoms with Gasteiger partial charge in [0.15, 0.2) is 0 Å². The lowest BCUT2D eigenvalue weighted by molar-refractivity contribution is -0.127. The number of amides is 1. The maximum absolute atomic E-state index is 12.6. The van der Waals surface area contributed by atoms with Crippen molar-refractivity contribution < 1.29 is 17.9 Å². The number of piperidine rings is 1. The summed E-state index contributed by atoms with van der Waals surface area (Å²) in [4.78, 5) is 12.2. The molecule has 2 rings (SSSR count). The van der Waals surface area contributed by atoms with Gasteiger partial charge in [-0.2, -0.15) is 0 Å². The van der Waals surface area contributed by atoms with E-state index in [1.54, 1.807) is 31.4 Å². The van der Waals surface area contributed by atoms with Gasteiger partial charge in [0.25, 0.3) is 0 Å². The van der Waals surface area contributed by atoms with Crippen molar-refractivity contribution in [2.24, 2.45) is 5.92 Å². The van der Waals surface area contributed by atoms with Crippen LogP contribution in [-0.4, -0.2) is 51.5 Å². The lowest BCUT2D eigenvalue weighted by Gasteiger charge is -2.31. The van der Waals surface area contributed by atoms with Gasteiger partial charge < -0.3 is 10.1 Å². The molecule has 0 aromatic heterocycles. The van der Waals surface area contributed by atoms with Gasteiger partial charge in [-0.05, 0) is 31.4 Å². The molecule has 25 heavy (non-hydrogen) atoms. The Bertz CT molecular complexity index is 688. The Kier molecular flexibility index (Phi) is 7.25. The van der Waals surface area contributed by atoms with Crippen LogP contribution >= 0.6 is 11.6 Å². The summed E-state index contributed by atoms with van der Waals surface area (Å²) in [5.41, 5.74) is 0.595. The van der Waals surface area contributed by atoms with Gasteiger partial charge in [0, 0.05) is 37.2 Å². The van der Waals surface area contributed by atoms with Crippen LogP contribution in [0.15, 0.2) is 24.3 Å². The summed E-state index contributed by atoms with van der Waals surface area (Å²) >= 11 is 6.06. The molecule has 1 aromatic carbocycles. The van der Waals surface area contributed by atoms with Crippen molar-refractivity contribution >= 4 is 27.5 Å². The summed E-state index contributed by atoms with van der Waals surface area (Å²) < 4.78 is 31.7. The van der Waals surface area contributed by atoms with Crippen molar-refractivity contribution in [3.63, 3.8) is 0 Å². The molecule has 1 aliphatic rings. The van der Waals surface area contributed by atoms with Crippen molar-refractivity contribution in [1.82, 2.24) is 9.62 Å². The maximum atomic E-state index is 12.6. The number of carbonyl (C=O) groups excluding carboxylic acids is 1. The summed E-state index contributed by atoms with van der Waals surface area (Å²) in [5.74, 6) is -0.312. The van der Waals surface area contributed by atoms with Crippen LogP contribution in [0.5, 0.6) is 0 Å². The van der Waals surface area contributed by atoms with Gasteiger partial charge in [0.1, 0.15) is 0 Å². The van der Waals surface area contributed by atoms with Crippen LogP contribution in [0, 0.1) is 5.92 Å². The molecule has 1 heterocycles. The first-order chi connectivity index (χ1) is 11.8. The second-order valence-corrected chi connectivity index (χ2v) is 8.76. The number of methoxy groups -OCH3 is 1. The number of halogens is 1. The van der Waals surface area contributed by atoms with Gasteiger partial charge in [0.2, 0.25) is 15.9 Å². The van der Waals surface area contributed by atoms with Crippen molar-refractivity contribution in [1.29, 1.82) is 0 Å². The lowest BCUT2D eigenvalue weighted by atomic mass is 9.97. The van der Waals surface area contributed by atoms with E-state index in [2.05, 4.69) is 5.32 Å². The zero-order valence-corrected chi connectivity index (χ0v) is 16.1. The number of benzene rings is 1. The minimum absolute atomic E-state index is 0.0345. The summed E-state index contributed by atoms with van der Waals surface area (Å²) in [7, 11) is -1.85. The van der Waals surface area contributed by atoms with Crippen molar-refractivity contribution in [3.05, 3.63) is 34.9 Å². The number of sulfonamides is 1. The zero-order valence-electron chi connectivity index (χ0n) is 14.6. The standard InChI is InChI=1S/C17H25ClN2O4S/c1-13(11-24-2)19-17(21)14-7-9-20(10-8-14)25(22,23)12-15-5-3-4-6-16(15)18/h3-6,13-14H,7-12H2,1-2H3,(H,19,21)/t13-/m1/s1. The van der Waals surface area contributed by atoms with Crippen LogP contribution in [0.25, 0.3) is 0 Å². The van der Waals surface area contributed by atoms with Gasteiger partial charge in [-0.25, -0.2) is 12.7 Å². The van der Waals surface area contributed by atoms with Crippen molar-refractivity contribution in [2.75, 3.05) is 26.8 Å². The summed E-state index contributed by atoms with van der Waals surface area (Å²) in [6.07, 6.45) is 1.04. The Morgan fingerprint density at radius 1 is 1.36 bits per heavy atom. The molecule has 1 fully saturated rings. The summed E-state index contributed by atoms with van der Waals surface area (Å²) in [6, 6.07) is 6.89. The number of hydrogen-bond acceptors (Lipinski definition) is 4. The molecule has 8 heteroatoms. The second kappa shape index (κ2) is 8.98. The third kappa shape index (κ3) is 5.67. The van der Waals surface area contributed by atoms with Crippen LogP contribution in [0.1, 0.15) is 25.3 Å². The van der Waals surface area contributed by atoms with E-state index in [1.807, 2.05) is 6.92 Å². The molecule has 1 aliphatic heterocycles. The quantitative estimate of drug-likeness (QED) is 0.775. The van der Waals surface area contributed by atoms with Gasteiger partial charge >= 0.3 is 0 Å². The molecule has 1 aromatic rings. The van der Waals surface area contributed by atoms with Crippen molar-refractivity contribution in [2.45, 2.75) is 31.6 Å². The molecular weight excluding hydrogens is 364 g/mol. The predicted octanol–water partition coefficient (Wildman–Crippen LogP) is 2.03. The molecule has 6 nitrogen and oxygen atoms in total. The highest BCUT2D eigenvalue weighted by atomic mass is 35.5. The molecule has 0 unspecified atom stereocenters. The zero-order chi connectivity index (χ0) is 18.4. The predicted molar refractivity (Wildman–Crippen MR) is 97.9 cm³/mol. The summed E-state index contributed by atoms with van der Waals surface area (Å²) in [5, 5.41) is 3.35. The molecule has 0 aliphatic carbocycles.